The Labute approximate surface area is 179 Å². The van der Waals surface area contributed by atoms with E-state index in [4.69, 9.17) is 4.74 Å². The zero-order valence-corrected chi connectivity index (χ0v) is 17.1. The maximum Gasteiger partial charge on any atom is 0.262 e. The number of nitrogens with one attached hydrogen (secondary N) is 1. The molecule has 1 aromatic heterocycles. The summed E-state index contributed by atoms with van der Waals surface area (Å²) in [5, 5.41) is 2.99. The van der Waals surface area contributed by atoms with Crippen molar-refractivity contribution in [3.8, 4) is 0 Å². The number of anilines is 1. The molecule has 0 aliphatic carbocycles. The van der Waals surface area contributed by atoms with E-state index < -0.39 is 29.0 Å². The molecule has 2 aromatic carbocycles. The number of para-hydroxylation sites is 1. The molecule has 1 amide bonds. The molecule has 0 saturated carbocycles. The van der Waals surface area contributed by atoms with Crippen LogP contribution >= 0.6 is 11.8 Å². The number of hydrogen-bond acceptors (Lipinski definition) is 5. The Hall–Kier alpha value is -2.85. The highest BCUT2D eigenvalue weighted by Crippen LogP contribution is 2.23. The number of rotatable bonds is 6. The summed E-state index contributed by atoms with van der Waals surface area (Å²) in [6.07, 6.45) is 1.61. The normalized spacial score (nSPS) is 16.0. The van der Waals surface area contributed by atoms with Crippen LogP contribution in [0.15, 0.2) is 46.3 Å². The Kier molecular flexibility index (Phi) is 6.28. The lowest BCUT2D eigenvalue weighted by atomic mass is 10.2. The molecule has 1 aliphatic heterocycles. The van der Waals surface area contributed by atoms with Crippen molar-refractivity contribution in [2.24, 2.45) is 0 Å². The van der Waals surface area contributed by atoms with Crippen molar-refractivity contribution in [1.29, 1.82) is 0 Å². The summed E-state index contributed by atoms with van der Waals surface area (Å²) in [5.74, 6) is -5.34. The number of thioether (sulfide) groups is 1. The third-order valence-corrected chi connectivity index (χ3v) is 5.85. The maximum atomic E-state index is 13.8. The van der Waals surface area contributed by atoms with Gasteiger partial charge >= 0.3 is 0 Å². The van der Waals surface area contributed by atoms with E-state index in [0.717, 1.165) is 36.7 Å². The lowest BCUT2D eigenvalue weighted by Gasteiger charge is -2.16. The molecule has 6 nitrogen and oxygen atoms in total. The SMILES string of the molecule is O=C(CSc1nc2ccccc2c(=O)n1CC1CCCO1)Nc1ccc(F)c(F)c1F. The molecule has 1 saturated heterocycles. The quantitative estimate of drug-likeness (QED) is 0.353. The van der Waals surface area contributed by atoms with Gasteiger partial charge in [-0.05, 0) is 37.1 Å². The number of aromatic nitrogens is 2. The average molecular weight is 449 g/mol. The molecular formula is C21H18F3N3O3S. The van der Waals surface area contributed by atoms with E-state index >= 15 is 0 Å². The molecule has 1 aliphatic rings. The minimum Gasteiger partial charge on any atom is -0.376 e. The molecule has 4 rings (SSSR count). The molecule has 1 N–H and O–H groups in total. The van der Waals surface area contributed by atoms with Gasteiger partial charge in [-0.25, -0.2) is 18.2 Å². The first-order valence-electron chi connectivity index (χ1n) is 9.61. The fraction of sp³-hybridized carbons (Fsp3) is 0.286. The highest BCUT2D eigenvalue weighted by atomic mass is 32.2. The minimum absolute atomic E-state index is 0.120. The predicted molar refractivity (Wildman–Crippen MR) is 111 cm³/mol. The van der Waals surface area contributed by atoms with Gasteiger partial charge in [0.25, 0.3) is 5.56 Å². The van der Waals surface area contributed by atoms with E-state index in [-0.39, 0.29) is 17.4 Å². The van der Waals surface area contributed by atoms with Crippen molar-refractivity contribution >= 4 is 34.3 Å². The molecule has 162 valence electrons. The lowest BCUT2D eigenvalue weighted by Crippen LogP contribution is -2.29. The number of carbonyl (C=O) groups excluding carboxylic acids is 1. The van der Waals surface area contributed by atoms with Gasteiger partial charge in [-0.1, -0.05) is 23.9 Å². The van der Waals surface area contributed by atoms with Gasteiger partial charge in [-0.3, -0.25) is 14.2 Å². The van der Waals surface area contributed by atoms with Crippen molar-refractivity contribution < 1.29 is 22.7 Å². The van der Waals surface area contributed by atoms with E-state index in [0.29, 0.717) is 29.2 Å². The van der Waals surface area contributed by atoms with E-state index in [1.807, 2.05) is 0 Å². The number of hydrogen-bond donors (Lipinski definition) is 1. The number of fused-ring (bicyclic) bond motifs is 1. The van der Waals surface area contributed by atoms with Crippen LogP contribution < -0.4 is 10.9 Å². The van der Waals surface area contributed by atoms with Crippen molar-refractivity contribution in [3.05, 3.63) is 64.2 Å². The third kappa shape index (κ3) is 4.59. The fourth-order valence-electron chi connectivity index (χ4n) is 3.35. The largest absolute Gasteiger partial charge is 0.376 e. The van der Waals surface area contributed by atoms with Crippen molar-refractivity contribution in [2.75, 3.05) is 17.7 Å². The summed E-state index contributed by atoms with van der Waals surface area (Å²) in [6, 6.07) is 8.56. The number of amides is 1. The van der Waals surface area contributed by atoms with Crippen LogP contribution in [0.2, 0.25) is 0 Å². The van der Waals surface area contributed by atoms with Crippen molar-refractivity contribution in [1.82, 2.24) is 9.55 Å². The first-order valence-corrected chi connectivity index (χ1v) is 10.6. The van der Waals surface area contributed by atoms with E-state index in [2.05, 4.69) is 10.3 Å². The minimum atomic E-state index is -1.66. The monoisotopic (exact) mass is 449 g/mol. The smallest absolute Gasteiger partial charge is 0.262 e. The molecule has 1 atom stereocenters. The van der Waals surface area contributed by atoms with E-state index in [1.165, 1.54) is 4.57 Å². The Morgan fingerprint density at radius 2 is 2.00 bits per heavy atom. The molecule has 1 fully saturated rings. The van der Waals surface area contributed by atoms with Gasteiger partial charge in [0, 0.05) is 6.61 Å². The van der Waals surface area contributed by atoms with Gasteiger partial charge in [-0.2, -0.15) is 0 Å². The molecule has 1 unspecified atom stereocenters. The number of benzene rings is 2. The second-order valence-electron chi connectivity index (χ2n) is 7.02. The van der Waals surface area contributed by atoms with Crippen LogP contribution in [0.25, 0.3) is 10.9 Å². The Morgan fingerprint density at radius 1 is 1.19 bits per heavy atom. The molecule has 0 bridgehead atoms. The number of ether oxygens (including phenoxy) is 1. The molecular weight excluding hydrogens is 431 g/mol. The highest BCUT2D eigenvalue weighted by Gasteiger charge is 2.21. The van der Waals surface area contributed by atoms with Crippen LogP contribution in [0.5, 0.6) is 0 Å². The summed E-state index contributed by atoms with van der Waals surface area (Å²) in [7, 11) is 0. The number of halogens is 3. The van der Waals surface area contributed by atoms with Crippen LogP contribution in [0, 0.1) is 17.5 Å². The number of nitrogens with zero attached hydrogens (tertiary/aromatic N) is 2. The van der Waals surface area contributed by atoms with Crippen LogP contribution in [-0.4, -0.2) is 33.9 Å². The molecule has 2 heterocycles. The fourth-order valence-corrected chi connectivity index (χ4v) is 4.16. The van der Waals surface area contributed by atoms with Gasteiger partial charge in [0.05, 0.1) is 35.0 Å². The zero-order chi connectivity index (χ0) is 22.0. The van der Waals surface area contributed by atoms with Gasteiger partial charge < -0.3 is 10.1 Å². The molecule has 0 spiro atoms. The molecule has 31 heavy (non-hydrogen) atoms. The summed E-state index contributed by atoms with van der Waals surface area (Å²) >= 11 is 0.994. The second kappa shape index (κ2) is 9.11. The zero-order valence-electron chi connectivity index (χ0n) is 16.2. The lowest BCUT2D eigenvalue weighted by molar-refractivity contribution is -0.113. The highest BCUT2D eigenvalue weighted by molar-refractivity contribution is 7.99. The van der Waals surface area contributed by atoms with Crippen LogP contribution in [-0.2, 0) is 16.1 Å². The summed E-state index contributed by atoms with van der Waals surface area (Å²) in [5.41, 5.74) is -0.214. The summed E-state index contributed by atoms with van der Waals surface area (Å²) in [6.45, 7) is 0.934. The summed E-state index contributed by atoms with van der Waals surface area (Å²) < 4.78 is 47.3. The first-order chi connectivity index (χ1) is 14.9. The van der Waals surface area contributed by atoms with Gasteiger partial charge in [0.15, 0.2) is 22.6 Å². The Bertz CT molecular complexity index is 1200. The van der Waals surface area contributed by atoms with E-state index in [9.17, 15) is 22.8 Å². The average Bonchev–Trinajstić information content (AvgIpc) is 3.28. The van der Waals surface area contributed by atoms with Crippen LogP contribution in [0.3, 0.4) is 0 Å². The van der Waals surface area contributed by atoms with Crippen LogP contribution in [0.4, 0.5) is 18.9 Å². The van der Waals surface area contributed by atoms with Crippen LogP contribution in [0.1, 0.15) is 12.8 Å². The number of carbonyl (C=O) groups is 1. The second-order valence-corrected chi connectivity index (χ2v) is 7.96. The molecule has 0 radical (unpaired) electrons. The van der Waals surface area contributed by atoms with Gasteiger partial charge in [0.2, 0.25) is 5.91 Å². The van der Waals surface area contributed by atoms with Crippen molar-refractivity contribution in [2.45, 2.75) is 30.6 Å². The third-order valence-electron chi connectivity index (χ3n) is 4.88. The standard InChI is InChI=1S/C21H18F3N3O3S/c22-14-7-8-16(19(24)18(14)23)25-17(28)11-31-21-26-15-6-2-1-5-13(15)20(29)27(21)10-12-4-3-9-30-12/h1-2,5-8,12H,3-4,9-11H2,(H,25,28). The first kappa shape index (κ1) is 21.4. The maximum absolute atomic E-state index is 13.8. The topological polar surface area (TPSA) is 73.2 Å². The van der Waals surface area contributed by atoms with E-state index in [1.54, 1.807) is 24.3 Å². The van der Waals surface area contributed by atoms with Gasteiger partial charge in [0.1, 0.15) is 0 Å². The summed E-state index contributed by atoms with van der Waals surface area (Å²) in [4.78, 5) is 29.8. The van der Waals surface area contributed by atoms with Crippen molar-refractivity contribution in [3.63, 3.8) is 0 Å². The molecule has 10 heteroatoms. The predicted octanol–water partition coefficient (Wildman–Crippen LogP) is 3.72. The Morgan fingerprint density at radius 3 is 2.77 bits per heavy atom. The van der Waals surface area contributed by atoms with Gasteiger partial charge in [-0.15, -0.1) is 0 Å². The Balaban J connectivity index is 1.56. The molecule has 3 aromatic rings.